The van der Waals surface area contributed by atoms with Gasteiger partial charge in [0.25, 0.3) is 0 Å². The average molecular weight is 324 g/mol. The Morgan fingerprint density at radius 2 is 2.14 bits per heavy atom. The molecule has 2 aromatic rings. The first kappa shape index (κ1) is 15.7. The van der Waals surface area contributed by atoms with Crippen LogP contribution in [0.15, 0.2) is 50.8 Å². The molecule has 0 atom stereocenters. The van der Waals surface area contributed by atoms with E-state index in [0.29, 0.717) is 11.3 Å². The fourth-order valence-corrected chi connectivity index (χ4v) is 4.42. The van der Waals surface area contributed by atoms with E-state index in [9.17, 15) is 8.42 Å². The predicted octanol–water partition coefficient (Wildman–Crippen LogP) is 2.44. The van der Waals surface area contributed by atoms with Crippen molar-refractivity contribution in [2.75, 3.05) is 11.5 Å². The number of thioether (sulfide) groups is 1. The third-order valence-electron chi connectivity index (χ3n) is 2.93. The van der Waals surface area contributed by atoms with Gasteiger partial charge in [-0.1, -0.05) is 12.1 Å². The maximum atomic E-state index is 12.3. The average Bonchev–Trinajstić information content (AvgIpc) is 2.84. The van der Waals surface area contributed by atoms with E-state index in [1.807, 2.05) is 13.0 Å². The first-order valence-electron chi connectivity index (χ1n) is 6.24. The van der Waals surface area contributed by atoms with Crippen LogP contribution < -0.4 is 5.73 Å². The van der Waals surface area contributed by atoms with E-state index >= 15 is 0 Å². The minimum Gasteiger partial charge on any atom is -0.468 e. The van der Waals surface area contributed by atoms with Gasteiger partial charge in [0.1, 0.15) is 11.6 Å². The highest BCUT2D eigenvalue weighted by Crippen LogP contribution is 2.24. The number of aryl methyl sites for hydroxylation is 1. The van der Waals surface area contributed by atoms with Crippen LogP contribution in [0.5, 0.6) is 0 Å². The van der Waals surface area contributed by atoms with Crippen molar-refractivity contribution in [1.82, 2.24) is 0 Å². The minimum absolute atomic E-state index is 0.0175. The van der Waals surface area contributed by atoms with Gasteiger partial charge in [-0.3, -0.25) is 5.41 Å². The maximum absolute atomic E-state index is 12.3. The topological polar surface area (TPSA) is 97.1 Å². The molecule has 0 amide bonds. The van der Waals surface area contributed by atoms with Gasteiger partial charge >= 0.3 is 0 Å². The van der Waals surface area contributed by atoms with Crippen molar-refractivity contribution in [2.24, 2.45) is 5.73 Å². The molecule has 0 radical (unpaired) electrons. The molecule has 0 aliphatic carbocycles. The van der Waals surface area contributed by atoms with Crippen LogP contribution in [0.2, 0.25) is 0 Å². The molecule has 0 saturated carbocycles. The number of nitrogens with two attached hydrogens (primary N) is 1. The standard InChI is InChI=1S/C14H16N2O3S2/c1-10-13(5-6-19-10)20-7-8-21(17,18)12-4-2-3-11(9-12)14(15)16/h2-6,9H,7-8H2,1H3,(H3,15,16). The number of sulfone groups is 1. The van der Waals surface area contributed by atoms with Crippen molar-refractivity contribution in [1.29, 1.82) is 5.41 Å². The van der Waals surface area contributed by atoms with Gasteiger partial charge < -0.3 is 10.2 Å². The number of rotatable bonds is 6. The number of nitrogens with one attached hydrogen (secondary N) is 1. The lowest BCUT2D eigenvalue weighted by Crippen LogP contribution is -2.13. The van der Waals surface area contributed by atoms with Crippen molar-refractivity contribution < 1.29 is 12.8 Å². The molecule has 21 heavy (non-hydrogen) atoms. The molecule has 1 aromatic carbocycles. The van der Waals surface area contributed by atoms with Gasteiger partial charge in [0.15, 0.2) is 9.84 Å². The Morgan fingerprint density at radius 3 is 2.76 bits per heavy atom. The lowest BCUT2D eigenvalue weighted by molar-refractivity contribution is 0.527. The molecule has 5 nitrogen and oxygen atoms in total. The lowest BCUT2D eigenvalue weighted by Gasteiger charge is -2.06. The van der Waals surface area contributed by atoms with E-state index in [1.165, 1.54) is 23.9 Å². The summed E-state index contributed by atoms with van der Waals surface area (Å²) in [5.41, 5.74) is 5.79. The number of hydrogen-bond donors (Lipinski definition) is 2. The lowest BCUT2D eigenvalue weighted by atomic mass is 10.2. The number of benzene rings is 1. The fourth-order valence-electron chi connectivity index (χ4n) is 1.76. The molecule has 0 unspecified atom stereocenters. The van der Waals surface area contributed by atoms with Crippen LogP contribution in [0, 0.1) is 12.3 Å². The highest BCUT2D eigenvalue weighted by Gasteiger charge is 2.16. The highest BCUT2D eigenvalue weighted by molar-refractivity contribution is 8.00. The van der Waals surface area contributed by atoms with Crippen LogP contribution in [0.25, 0.3) is 0 Å². The summed E-state index contributed by atoms with van der Waals surface area (Å²) in [4.78, 5) is 1.14. The molecular weight excluding hydrogens is 308 g/mol. The zero-order chi connectivity index (χ0) is 15.5. The summed E-state index contributed by atoms with van der Waals surface area (Å²) in [7, 11) is -3.39. The molecule has 0 aliphatic heterocycles. The number of amidine groups is 1. The smallest absolute Gasteiger partial charge is 0.179 e. The third kappa shape index (κ3) is 3.89. The molecule has 0 saturated heterocycles. The van der Waals surface area contributed by atoms with Crippen LogP contribution in [-0.2, 0) is 9.84 Å². The van der Waals surface area contributed by atoms with Crippen molar-refractivity contribution in [3.8, 4) is 0 Å². The molecule has 7 heteroatoms. The zero-order valence-electron chi connectivity index (χ0n) is 11.5. The van der Waals surface area contributed by atoms with Crippen molar-refractivity contribution in [3.63, 3.8) is 0 Å². The van der Waals surface area contributed by atoms with Crippen LogP contribution in [0.1, 0.15) is 11.3 Å². The van der Waals surface area contributed by atoms with Crippen LogP contribution in [0.3, 0.4) is 0 Å². The van der Waals surface area contributed by atoms with Crippen molar-refractivity contribution >= 4 is 27.4 Å². The monoisotopic (exact) mass is 324 g/mol. The van der Waals surface area contributed by atoms with Gasteiger partial charge in [0.05, 0.1) is 16.9 Å². The molecule has 1 heterocycles. The molecular formula is C14H16N2O3S2. The second-order valence-corrected chi connectivity index (χ2v) is 7.70. The number of nitrogen functional groups attached to an aromatic ring is 1. The van der Waals surface area contributed by atoms with E-state index < -0.39 is 9.84 Å². The second-order valence-electron chi connectivity index (χ2n) is 4.45. The molecule has 0 spiro atoms. The summed E-state index contributed by atoms with van der Waals surface area (Å²) in [5, 5.41) is 7.36. The second kappa shape index (κ2) is 6.36. The van der Waals surface area contributed by atoms with Gasteiger partial charge in [-0.2, -0.15) is 0 Å². The quantitative estimate of drug-likeness (QED) is 0.483. The highest BCUT2D eigenvalue weighted by atomic mass is 32.2. The van der Waals surface area contributed by atoms with E-state index in [1.54, 1.807) is 18.4 Å². The molecule has 0 bridgehead atoms. The third-order valence-corrected chi connectivity index (χ3v) is 6.04. The molecule has 0 fully saturated rings. The van der Waals surface area contributed by atoms with Gasteiger partial charge in [-0.05, 0) is 25.1 Å². The largest absolute Gasteiger partial charge is 0.468 e. The van der Waals surface area contributed by atoms with E-state index in [4.69, 9.17) is 15.6 Å². The van der Waals surface area contributed by atoms with Gasteiger partial charge in [-0.15, -0.1) is 11.8 Å². The number of furan rings is 1. The van der Waals surface area contributed by atoms with Crippen LogP contribution >= 0.6 is 11.8 Å². The first-order valence-corrected chi connectivity index (χ1v) is 8.88. The van der Waals surface area contributed by atoms with Crippen LogP contribution in [0.4, 0.5) is 0 Å². The summed E-state index contributed by atoms with van der Waals surface area (Å²) in [6.45, 7) is 1.84. The maximum Gasteiger partial charge on any atom is 0.179 e. The van der Waals surface area contributed by atoms with Crippen molar-refractivity contribution in [3.05, 3.63) is 47.9 Å². The zero-order valence-corrected chi connectivity index (χ0v) is 13.1. The summed E-state index contributed by atoms with van der Waals surface area (Å²) in [5.74, 6) is 1.10. The normalized spacial score (nSPS) is 11.5. The molecule has 2 rings (SSSR count). The summed E-state index contributed by atoms with van der Waals surface area (Å²) in [6, 6.07) is 7.99. The van der Waals surface area contributed by atoms with Gasteiger partial charge in [0, 0.05) is 16.2 Å². The Bertz CT molecular complexity index is 751. The predicted molar refractivity (Wildman–Crippen MR) is 83.7 cm³/mol. The van der Waals surface area contributed by atoms with Gasteiger partial charge in [0.2, 0.25) is 0 Å². The Morgan fingerprint density at radius 1 is 1.38 bits per heavy atom. The summed E-state index contributed by atoms with van der Waals surface area (Å²) >= 11 is 1.45. The molecule has 0 aliphatic rings. The molecule has 3 N–H and O–H groups in total. The van der Waals surface area contributed by atoms with Crippen LogP contribution in [-0.4, -0.2) is 25.8 Å². The van der Waals surface area contributed by atoms with Crippen molar-refractivity contribution in [2.45, 2.75) is 16.7 Å². The Labute approximate surface area is 128 Å². The van der Waals surface area contributed by atoms with E-state index in [2.05, 4.69) is 0 Å². The van der Waals surface area contributed by atoms with E-state index in [0.717, 1.165) is 10.7 Å². The minimum atomic E-state index is -3.39. The number of hydrogen-bond acceptors (Lipinski definition) is 5. The SMILES string of the molecule is Cc1occc1SCCS(=O)(=O)c1cccc(C(=N)N)c1. The Balaban J connectivity index is 2.06. The van der Waals surface area contributed by atoms with E-state index in [-0.39, 0.29) is 16.5 Å². The molecule has 1 aromatic heterocycles. The summed E-state index contributed by atoms with van der Waals surface area (Å²) < 4.78 is 29.7. The Kier molecular flexibility index (Phi) is 4.74. The molecule has 112 valence electrons. The van der Waals surface area contributed by atoms with Gasteiger partial charge in [-0.25, -0.2) is 8.42 Å². The Hall–Kier alpha value is -1.73. The fraction of sp³-hybridized carbons (Fsp3) is 0.214. The summed E-state index contributed by atoms with van der Waals surface area (Å²) in [6.07, 6.45) is 1.59. The first-order chi connectivity index (χ1) is 9.90.